The van der Waals surface area contributed by atoms with Crippen molar-refractivity contribution in [3.63, 3.8) is 0 Å². The van der Waals surface area contributed by atoms with Crippen LogP contribution in [0.3, 0.4) is 0 Å². The Morgan fingerprint density at radius 3 is 2.64 bits per heavy atom. The first kappa shape index (κ1) is 16.5. The van der Waals surface area contributed by atoms with Gasteiger partial charge in [0.2, 0.25) is 5.91 Å². The molecule has 0 aromatic carbocycles. The molecule has 0 radical (unpaired) electrons. The van der Waals surface area contributed by atoms with E-state index < -0.39 is 23.8 Å². The molecule has 2 atom stereocenters. The van der Waals surface area contributed by atoms with E-state index in [1.165, 1.54) is 11.3 Å². The third-order valence-electron chi connectivity index (χ3n) is 3.82. The van der Waals surface area contributed by atoms with Crippen LogP contribution in [-0.2, 0) is 14.3 Å². The van der Waals surface area contributed by atoms with Crippen molar-refractivity contribution in [2.45, 2.75) is 32.6 Å². The van der Waals surface area contributed by atoms with Gasteiger partial charge in [-0.15, -0.1) is 11.3 Å². The summed E-state index contributed by atoms with van der Waals surface area (Å²) in [5, 5.41) is 14.1. The molecule has 0 aliphatic heterocycles. The van der Waals surface area contributed by atoms with Gasteiger partial charge in [-0.2, -0.15) is 0 Å². The number of carbonyl (C=O) groups excluding carboxylic acids is 2. The van der Waals surface area contributed by atoms with E-state index in [1.807, 2.05) is 0 Å². The van der Waals surface area contributed by atoms with Gasteiger partial charge in [0, 0.05) is 0 Å². The Morgan fingerprint density at radius 2 is 2.00 bits per heavy atom. The van der Waals surface area contributed by atoms with Crippen molar-refractivity contribution >= 4 is 34.2 Å². The maximum Gasteiger partial charge on any atom is 0.341 e. The van der Waals surface area contributed by atoms with Crippen molar-refractivity contribution in [2.75, 3.05) is 11.9 Å². The summed E-state index contributed by atoms with van der Waals surface area (Å²) in [5.74, 6) is -2.96. The number of hydrogen-bond donors (Lipinski definition) is 2. The number of nitrogens with one attached hydrogen (secondary N) is 1. The molecule has 1 aromatic heterocycles. The number of esters is 1. The molecule has 1 saturated carbocycles. The third kappa shape index (κ3) is 3.65. The Morgan fingerprint density at radius 1 is 1.32 bits per heavy atom. The van der Waals surface area contributed by atoms with Crippen LogP contribution in [0, 0.1) is 11.8 Å². The molecule has 2 N–H and O–H groups in total. The lowest BCUT2D eigenvalue weighted by atomic mass is 9.79. The van der Waals surface area contributed by atoms with Gasteiger partial charge in [-0.05, 0) is 31.2 Å². The fourth-order valence-corrected chi connectivity index (χ4v) is 3.50. The molecule has 1 aliphatic rings. The number of aliphatic carboxylic acids is 1. The number of carboxylic acid groups (broad SMARTS) is 1. The average molecular weight is 325 g/mol. The van der Waals surface area contributed by atoms with Crippen molar-refractivity contribution in [2.24, 2.45) is 11.8 Å². The van der Waals surface area contributed by atoms with E-state index >= 15 is 0 Å². The van der Waals surface area contributed by atoms with Crippen molar-refractivity contribution in [1.82, 2.24) is 0 Å². The second kappa shape index (κ2) is 7.40. The van der Waals surface area contributed by atoms with Crippen LogP contribution in [0.5, 0.6) is 0 Å². The van der Waals surface area contributed by atoms with Gasteiger partial charge in [0.25, 0.3) is 0 Å². The number of carbonyl (C=O) groups is 3. The Bertz CT molecular complexity index is 568. The highest BCUT2D eigenvalue weighted by atomic mass is 32.1. The first-order valence-corrected chi connectivity index (χ1v) is 8.20. The number of rotatable bonds is 5. The van der Waals surface area contributed by atoms with Gasteiger partial charge in [-0.25, -0.2) is 4.79 Å². The highest BCUT2D eigenvalue weighted by Gasteiger charge is 2.36. The Hall–Kier alpha value is -1.89. The predicted molar refractivity (Wildman–Crippen MR) is 82.0 cm³/mol. The Kier molecular flexibility index (Phi) is 5.54. The summed E-state index contributed by atoms with van der Waals surface area (Å²) in [5.41, 5.74) is 0.308. The molecule has 22 heavy (non-hydrogen) atoms. The Balaban J connectivity index is 2.10. The van der Waals surface area contributed by atoms with Gasteiger partial charge in [0.15, 0.2) is 0 Å². The normalized spacial score (nSPS) is 21.1. The molecule has 2 rings (SSSR count). The van der Waals surface area contributed by atoms with Gasteiger partial charge in [0.1, 0.15) is 5.00 Å². The average Bonchev–Trinajstić information content (AvgIpc) is 2.95. The molecule has 1 amide bonds. The minimum atomic E-state index is -0.934. The van der Waals surface area contributed by atoms with Gasteiger partial charge in [0.05, 0.1) is 24.0 Å². The number of hydrogen-bond acceptors (Lipinski definition) is 5. The van der Waals surface area contributed by atoms with Crippen LogP contribution in [0.15, 0.2) is 11.4 Å². The van der Waals surface area contributed by atoms with E-state index in [9.17, 15) is 19.5 Å². The van der Waals surface area contributed by atoms with E-state index in [0.717, 1.165) is 12.8 Å². The minimum absolute atomic E-state index is 0.256. The quantitative estimate of drug-likeness (QED) is 0.812. The van der Waals surface area contributed by atoms with Crippen LogP contribution in [0.25, 0.3) is 0 Å². The summed E-state index contributed by atoms with van der Waals surface area (Å²) in [4.78, 5) is 35.5. The van der Waals surface area contributed by atoms with Crippen LogP contribution < -0.4 is 5.32 Å². The third-order valence-corrected chi connectivity index (χ3v) is 4.65. The SMILES string of the molecule is CCOC(=O)c1ccsc1NC(=O)[C@H]1CCCC[C@H]1C(=O)O. The summed E-state index contributed by atoms with van der Waals surface area (Å²) < 4.78 is 4.94. The van der Waals surface area contributed by atoms with E-state index in [-0.39, 0.29) is 12.5 Å². The number of ether oxygens (including phenoxy) is 1. The van der Waals surface area contributed by atoms with E-state index in [1.54, 1.807) is 18.4 Å². The highest BCUT2D eigenvalue weighted by Crippen LogP contribution is 2.32. The fourth-order valence-electron chi connectivity index (χ4n) is 2.72. The Labute approximate surface area is 132 Å². The highest BCUT2D eigenvalue weighted by molar-refractivity contribution is 7.14. The van der Waals surface area contributed by atoms with E-state index in [0.29, 0.717) is 23.4 Å². The first-order valence-electron chi connectivity index (χ1n) is 7.32. The number of anilines is 1. The maximum atomic E-state index is 12.4. The molecule has 0 unspecified atom stereocenters. The minimum Gasteiger partial charge on any atom is -0.481 e. The van der Waals surface area contributed by atoms with Crippen LogP contribution >= 0.6 is 11.3 Å². The molecule has 0 spiro atoms. The second-order valence-electron chi connectivity index (χ2n) is 5.21. The fraction of sp³-hybridized carbons (Fsp3) is 0.533. The molecule has 6 nitrogen and oxygen atoms in total. The molecule has 1 aromatic rings. The summed E-state index contributed by atoms with van der Waals surface area (Å²) in [6.07, 6.45) is 2.75. The topological polar surface area (TPSA) is 92.7 Å². The van der Waals surface area contributed by atoms with Crippen LogP contribution in [0.4, 0.5) is 5.00 Å². The largest absolute Gasteiger partial charge is 0.481 e. The number of carboxylic acids is 1. The molecular weight excluding hydrogens is 306 g/mol. The zero-order chi connectivity index (χ0) is 16.1. The monoisotopic (exact) mass is 325 g/mol. The van der Waals surface area contributed by atoms with Gasteiger partial charge in [-0.1, -0.05) is 12.8 Å². The number of amides is 1. The van der Waals surface area contributed by atoms with Crippen molar-refractivity contribution in [3.8, 4) is 0 Å². The van der Waals surface area contributed by atoms with Crippen LogP contribution in [0.2, 0.25) is 0 Å². The van der Waals surface area contributed by atoms with Crippen molar-refractivity contribution in [1.29, 1.82) is 0 Å². The molecule has 0 bridgehead atoms. The molecular formula is C15H19NO5S. The standard InChI is InChI=1S/C15H19NO5S/c1-2-21-15(20)11-7-8-22-13(11)16-12(17)9-5-3-4-6-10(9)14(18)19/h7-10H,2-6H2,1H3,(H,16,17)(H,18,19)/t9-,10+/m0/s1. The van der Waals surface area contributed by atoms with E-state index in [2.05, 4.69) is 5.32 Å². The van der Waals surface area contributed by atoms with Crippen molar-refractivity contribution < 1.29 is 24.2 Å². The summed E-state index contributed by atoms with van der Waals surface area (Å²) in [7, 11) is 0. The molecule has 1 heterocycles. The lowest BCUT2D eigenvalue weighted by molar-refractivity contribution is -0.147. The molecule has 120 valence electrons. The smallest absolute Gasteiger partial charge is 0.341 e. The van der Waals surface area contributed by atoms with Gasteiger partial charge in [-0.3, -0.25) is 9.59 Å². The van der Waals surface area contributed by atoms with Gasteiger partial charge >= 0.3 is 11.9 Å². The van der Waals surface area contributed by atoms with Crippen LogP contribution in [-0.4, -0.2) is 29.6 Å². The lowest BCUT2D eigenvalue weighted by Crippen LogP contribution is -2.36. The number of thiophene rings is 1. The van der Waals surface area contributed by atoms with Crippen LogP contribution in [0.1, 0.15) is 43.0 Å². The summed E-state index contributed by atoms with van der Waals surface area (Å²) in [6, 6.07) is 1.59. The predicted octanol–water partition coefficient (Wildman–Crippen LogP) is 2.75. The molecule has 1 aliphatic carbocycles. The summed E-state index contributed by atoms with van der Waals surface area (Å²) in [6.45, 7) is 1.97. The van der Waals surface area contributed by atoms with E-state index in [4.69, 9.17) is 4.74 Å². The first-order chi connectivity index (χ1) is 10.5. The summed E-state index contributed by atoms with van der Waals surface area (Å²) >= 11 is 1.23. The van der Waals surface area contributed by atoms with Crippen molar-refractivity contribution in [3.05, 3.63) is 17.0 Å². The molecule has 7 heteroatoms. The second-order valence-corrected chi connectivity index (χ2v) is 6.12. The zero-order valence-corrected chi connectivity index (χ0v) is 13.1. The van der Waals surface area contributed by atoms with Gasteiger partial charge < -0.3 is 15.2 Å². The molecule has 1 fully saturated rings. The lowest BCUT2D eigenvalue weighted by Gasteiger charge is -2.27. The maximum absolute atomic E-state index is 12.4. The zero-order valence-electron chi connectivity index (χ0n) is 12.3. The molecule has 0 saturated heterocycles.